The highest BCUT2D eigenvalue weighted by atomic mass is 16.1. The highest BCUT2D eigenvalue weighted by Gasteiger charge is 2.33. The van der Waals surface area contributed by atoms with E-state index in [-0.39, 0.29) is 5.41 Å². The standard InChI is InChI=1S/C24H31N5O/c1-18(25)22(23(26)20-7-12-28-13-8-20)19-3-5-21(6-4-19)29-14-9-24(10-15-29,11-16-30)17-27-2/h3-8,12-13,16,26-27H,9-11,14-15,17,25H2,1-2H3/b22-18-,26-23?. The molecule has 1 fully saturated rings. The number of aldehydes is 1. The SMILES string of the molecule is CNCC1(CC=O)CCN(c2ccc(/C(C(=N)c3ccncc3)=C(\C)N)cc2)CC1. The predicted octanol–water partition coefficient (Wildman–Crippen LogP) is 3.23. The van der Waals surface area contributed by atoms with Gasteiger partial charge in [0.1, 0.15) is 6.29 Å². The monoisotopic (exact) mass is 405 g/mol. The van der Waals surface area contributed by atoms with Crippen molar-refractivity contribution in [1.82, 2.24) is 10.3 Å². The predicted molar refractivity (Wildman–Crippen MR) is 123 cm³/mol. The van der Waals surface area contributed by atoms with Gasteiger partial charge in [0.15, 0.2) is 0 Å². The third-order valence-corrected chi connectivity index (χ3v) is 6.03. The molecule has 0 unspecified atom stereocenters. The van der Waals surface area contributed by atoms with Gasteiger partial charge in [-0.15, -0.1) is 0 Å². The summed E-state index contributed by atoms with van der Waals surface area (Å²) in [6.07, 6.45) is 7.03. The summed E-state index contributed by atoms with van der Waals surface area (Å²) in [5.74, 6) is 0. The van der Waals surface area contributed by atoms with Crippen LogP contribution in [0.2, 0.25) is 0 Å². The van der Waals surface area contributed by atoms with Gasteiger partial charge in [0.25, 0.3) is 0 Å². The fraction of sp³-hybridized carbons (Fsp3) is 0.375. The highest BCUT2D eigenvalue weighted by molar-refractivity contribution is 6.30. The van der Waals surface area contributed by atoms with E-state index in [0.717, 1.165) is 61.1 Å². The Morgan fingerprint density at radius 1 is 1.17 bits per heavy atom. The van der Waals surface area contributed by atoms with E-state index in [4.69, 9.17) is 11.1 Å². The Morgan fingerprint density at radius 2 is 1.80 bits per heavy atom. The Bertz CT molecular complexity index is 893. The van der Waals surface area contributed by atoms with E-state index in [2.05, 4.69) is 27.3 Å². The van der Waals surface area contributed by atoms with Gasteiger partial charge < -0.3 is 20.7 Å². The second-order valence-electron chi connectivity index (χ2n) is 8.10. The number of carbonyl (C=O) groups is 1. The number of piperidine rings is 1. The van der Waals surface area contributed by atoms with Crippen molar-refractivity contribution in [1.29, 1.82) is 5.41 Å². The number of rotatable bonds is 8. The van der Waals surface area contributed by atoms with Crippen LogP contribution in [-0.4, -0.2) is 43.7 Å². The van der Waals surface area contributed by atoms with Crippen LogP contribution in [0.15, 0.2) is 54.5 Å². The minimum atomic E-state index is 0.0686. The Labute approximate surface area is 178 Å². The third-order valence-electron chi connectivity index (χ3n) is 6.03. The molecule has 0 amide bonds. The van der Waals surface area contributed by atoms with Crippen LogP contribution in [-0.2, 0) is 4.79 Å². The zero-order valence-corrected chi connectivity index (χ0v) is 17.8. The quantitative estimate of drug-likeness (QED) is 0.463. The Morgan fingerprint density at radius 3 is 2.33 bits per heavy atom. The topological polar surface area (TPSA) is 95.1 Å². The first kappa shape index (κ1) is 21.7. The van der Waals surface area contributed by atoms with Crippen molar-refractivity contribution in [2.75, 3.05) is 31.6 Å². The van der Waals surface area contributed by atoms with Crippen molar-refractivity contribution in [3.05, 3.63) is 65.6 Å². The molecule has 1 aromatic heterocycles. The summed E-state index contributed by atoms with van der Waals surface area (Å²) in [5.41, 5.74) is 10.9. The Kier molecular flexibility index (Phi) is 7.00. The first-order valence-electron chi connectivity index (χ1n) is 10.4. The second-order valence-corrected chi connectivity index (χ2v) is 8.10. The van der Waals surface area contributed by atoms with Crippen LogP contribution in [0, 0.1) is 10.8 Å². The summed E-state index contributed by atoms with van der Waals surface area (Å²) in [6, 6.07) is 11.9. The molecule has 0 aliphatic carbocycles. The van der Waals surface area contributed by atoms with E-state index >= 15 is 0 Å². The number of hydrogen-bond acceptors (Lipinski definition) is 6. The van der Waals surface area contributed by atoms with Crippen molar-refractivity contribution >= 4 is 23.3 Å². The van der Waals surface area contributed by atoms with Crippen molar-refractivity contribution in [2.24, 2.45) is 11.1 Å². The fourth-order valence-electron chi connectivity index (χ4n) is 4.32. The second kappa shape index (κ2) is 9.67. The van der Waals surface area contributed by atoms with Crippen molar-refractivity contribution in [2.45, 2.75) is 26.2 Å². The molecule has 2 aromatic rings. The number of allylic oxidation sites excluding steroid dienone is 2. The van der Waals surface area contributed by atoms with E-state index in [1.165, 1.54) is 0 Å². The molecule has 0 bridgehead atoms. The molecule has 1 aromatic carbocycles. The summed E-state index contributed by atoms with van der Waals surface area (Å²) in [5, 5.41) is 11.9. The summed E-state index contributed by atoms with van der Waals surface area (Å²) in [6.45, 7) is 4.57. The lowest BCUT2D eigenvalue weighted by molar-refractivity contribution is -0.110. The number of benzene rings is 1. The first-order valence-corrected chi connectivity index (χ1v) is 10.4. The maximum absolute atomic E-state index is 11.1. The molecule has 158 valence electrons. The molecular formula is C24H31N5O. The van der Waals surface area contributed by atoms with Crippen LogP contribution < -0.4 is 16.0 Å². The minimum absolute atomic E-state index is 0.0686. The molecule has 3 rings (SSSR count). The maximum atomic E-state index is 11.1. The van der Waals surface area contributed by atoms with Crippen LogP contribution in [0.5, 0.6) is 0 Å². The number of aromatic nitrogens is 1. The van der Waals surface area contributed by atoms with Crippen molar-refractivity contribution in [3.8, 4) is 0 Å². The summed E-state index contributed by atoms with van der Waals surface area (Å²) < 4.78 is 0. The van der Waals surface area contributed by atoms with Gasteiger partial charge in [-0.05, 0) is 62.1 Å². The van der Waals surface area contributed by atoms with Crippen LogP contribution in [0.3, 0.4) is 0 Å². The van der Waals surface area contributed by atoms with Gasteiger partial charge in [0.05, 0.1) is 5.71 Å². The molecule has 0 saturated carbocycles. The van der Waals surface area contributed by atoms with Gasteiger partial charge in [0, 0.05) is 61.0 Å². The summed E-state index contributed by atoms with van der Waals surface area (Å²) >= 11 is 0. The maximum Gasteiger partial charge on any atom is 0.120 e. The van der Waals surface area contributed by atoms with Gasteiger partial charge in [-0.25, -0.2) is 0 Å². The molecule has 0 radical (unpaired) electrons. The lowest BCUT2D eigenvalue weighted by Crippen LogP contribution is -2.44. The Hall–Kier alpha value is -2.99. The van der Waals surface area contributed by atoms with Gasteiger partial charge in [0.2, 0.25) is 0 Å². The zero-order valence-electron chi connectivity index (χ0n) is 17.8. The largest absolute Gasteiger partial charge is 0.402 e. The van der Waals surface area contributed by atoms with Crippen molar-refractivity contribution < 1.29 is 4.79 Å². The smallest absolute Gasteiger partial charge is 0.120 e. The Balaban J connectivity index is 1.75. The minimum Gasteiger partial charge on any atom is -0.402 e. The molecule has 0 atom stereocenters. The molecule has 6 heteroatoms. The first-order chi connectivity index (χ1) is 14.5. The van der Waals surface area contributed by atoms with Gasteiger partial charge in [-0.1, -0.05) is 12.1 Å². The van der Waals surface area contributed by atoms with Crippen molar-refractivity contribution in [3.63, 3.8) is 0 Å². The van der Waals surface area contributed by atoms with Gasteiger partial charge in [-0.3, -0.25) is 10.4 Å². The molecule has 4 N–H and O–H groups in total. The van der Waals surface area contributed by atoms with Gasteiger partial charge in [-0.2, -0.15) is 0 Å². The lowest BCUT2D eigenvalue weighted by atomic mass is 9.76. The van der Waals surface area contributed by atoms with Crippen LogP contribution in [0.4, 0.5) is 5.69 Å². The summed E-state index contributed by atoms with van der Waals surface area (Å²) in [7, 11) is 1.95. The summed E-state index contributed by atoms with van der Waals surface area (Å²) in [4.78, 5) is 17.5. The van der Waals surface area contributed by atoms with E-state index in [1.54, 1.807) is 12.4 Å². The number of nitrogens with two attached hydrogens (primary N) is 1. The number of pyridine rings is 1. The molecule has 30 heavy (non-hydrogen) atoms. The molecule has 1 aliphatic heterocycles. The molecule has 1 saturated heterocycles. The zero-order chi connectivity index (χ0) is 21.6. The van der Waals surface area contributed by atoms with E-state index in [1.807, 2.05) is 38.2 Å². The molecule has 2 heterocycles. The average Bonchev–Trinajstić information content (AvgIpc) is 2.76. The third kappa shape index (κ3) is 4.76. The van der Waals surface area contributed by atoms with Crippen LogP contribution >= 0.6 is 0 Å². The average molecular weight is 406 g/mol. The molecule has 0 spiro atoms. The number of hydrogen-bond donors (Lipinski definition) is 3. The van der Waals surface area contributed by atoms with E-state index < -0.39 is 0 Å². The number of anilines is 1. The van der Waals surface area contributed by atoms with Crippen LogP contribution in [0.25, 0.3) is 5.57 Å². The number of nitrogens with zero attached hydrogens (tertiary/aromatic N) is 2. The van der Waals surface area contributed by atoms with E-state index in [9.17, 15) is 4.79 Å². The number of nitrogens with one attached hydrogen (secondary N) is 2. The normalized spacial score (nSPS) is 16.7. The fourth-order valence-corrected chi connectivity index (χ4v) is 4.32. The van der Waals surface area contributed by atoms with Gasteiger partial charge >= 0.3 is 0 Å². The molecule has 1 aliphatic rings. The lowest BCUT2D eigenvalue weighted by Gasteiger charge is -2.42. The highest BCUT2D eigenvalue weighted by Crippen LogP contribution is 2.35. The van der Waals surface area contributed by atoms with Crippen LogP contribution in [0.1, 0.15) is 37.3 Å². The molecule has 6 nitrogen and oxygen atoms in total. The number of carbonyl (C=O) groups excluding carboxylic acids is 1. The molecular weight excluding hydrogens is 374 g/mol. The van der Waals surface area contributed by atoms with E-state index in [0.29, 0.717) is 17.8 Å².